The SMILES string of the molecule is COc1cc(NCCOCC2CC2)nc(N)n1. The highest BCUT2D eigenvalue weighted by atomic mass is 16.5. The molecule has 0 amide bonds. The monoisotopic (exact) mass is 238 g/mol. The van der Waals surface area contributed by atoms with E-state index in [4.69, 9.17) is 15.2 Å². The van der Waals surface area contributed by atoms with Gasteiger partial charge in [0.05, 0.1) is 13.7 Å². The van der Waals surface area contributed by atoms with Gasteiger partial charge in [-0.2, -0.15) is 9.97 Å². The van der Waals surface area contributed by atoms with E-state index in [1.54, 1.807) is 13.2 Å². The maximum Gasteiger partial charge on any atom is 0.225 e. The highest BCUT2D eigenvalue weighted by Crippen LogP contribution is 2.28. The first-order valence-corrected chi connectivity index (χ1v) is 5.78. The molecule has 2 rings (SSSR count). The Labute approximate surface area is 101 Å². The molecule has 1 aromatic heterocycles. The van der Waals surface area contributed by atoms with Crippen molar-refractivity contribution in [3.05, 3.63) is 6.07 Å². The minimum absolute atomic E-state index is 0.200. The van der Waals surface area contributed by atoms with Gasteiger partial charge >= 0.3 is 0 Å². The average molecular weight is 238 g/mol. The normalized spacial score (nSPS) is 14.6. The summed E-state index contributed by atoms with van der Waals surface area (Å²) in [5, 5.41) is 3.12. The Kier molecular flexibility index (Phi) is 3.98. The fourth-order valence-electron chi connectivity index (χ4n) is 1.42. The van der Waals surface area contributed by atoms with Gasteiger partial charge in [0.15, 0.2) is 0 Å². The zero-order valence-corrected chi connectivity index (χ0v) is 9.98. The molecule has 6 heteroatoms. The Hall–Kier alpha value is -1.56. The molecule has 1 aliphatic rings. The molecule has 0 saturated heterocycles. The van der Waals surface area contributed by atoms with Crippen molar-refractivity contribution in [2.75, 3.05) is 37.9 Å². The highest BCUT2D eigenvalue weighted by molar-refractivity contribution is 5.42. The predicted octanol–water partition coefficient (Wildman–Crippen LogP) is 0.906. The Morgan fingerprint density at radius 1 is 1.47 bits per heavy atom. The molecule has 6 nitrogen and oxygen atoms in total. The molecule has 1 saturated carbocycles. The summed E-state index contributed by atoms with van der Waals surface area (Å²) < 4.78 is 10.5. The molecular formula is C11H18N4O2. The maximum atomic E-state index is 5.54. The van der Waals surface area contributed by atoms with Crippen LogP contribution in [0.5, 0.6) is 5.88 Å². The van der Waals surface area contributed by atoms with Crippen LogP contribution in [0.3, 0.4) is 0 Å². The lowest BCUT2D eigenvalue weighted by Crippen LogP contribution is -2.12. The second kappa shape index (κ2) is 5.67. The van der Waals surface area contributed by atoms with Crippen LogP contribution in [-0.4, -0.2) is 36.8 Å². The van der Waals surface area contributed by atoms with Gasteiger partial charge in [-0.05, 0) is 18.8 Å². The van der Waals surface area contributed by atoms with Crippen LogP contribution in [0, 0.1) is 5.92 Å². The minimum atomic E-state index is 0.200. The van der Waals surface area contributed by atoms with Crippen molar-refractivity contribution in [2.45, 2.75) is 12.8 Å². The lowest BCUT2D eigenvalue weighted by molar-refractivity contribution is 0.134. The molecule has 0 aromatic carbocycles. The van der Waals surface area contributed by atoms with Crippen LogP contribution in [-0.2, 0) is 4.74 Å². The third kappa shape index (κ3) is 4.07. The summed E-state index contributed by atoms with van der Waals surface area (Å²) in [6.45, 7) is 2.24. The van der Waals surface area contributed by atoms with Gasteiger partial charge in [-0.1, -0.05) is 0 Å². The van der Waals surface area contributed by atoms with Crippen molar-refractivity contribution < 1.29 is 9.47 Å². The first kappa shape index (κ1) is 11.9. The fourth-order valence-corrected chi connectivity index (χ4v) is 1.42. The largest absolute Gasteiger partial charge is 0.481 e. The van der Waals surface area contributed by atoms with Crippen LogP contribution in [0.2, 0.25) is 0 Å². The summed E-state index contributed by atoms with van der Waals surface area (Å²) in [5.74, 6) is 2.11. The second-order valence-electron chi connectivity index (χ2n) is 4.10. The molecule has 0 aliphatic heterocycles. The molecule has 0 radical (unpaired) electrons. The summed E-state index contributed by atoms with van der Waals surface area (Å²) in [4.78, 5) is 7.95. The number of ether oxygens (including phenoxy) is 2. The molecule has 3 N–H and O–H groups in total. The van der Waals surface area contributed by atoms with E-state index in [2.05, 4.69) is 15.3 Å². The number of nitrogens with two attached hydrogens (primary N) is 1. The van der Waals surface area contributed by atoms with Crippen molar-refractivity contribution in [1.29, 1.82) is 0 Å². The molecule has 1 aromatic rings. The lowest BCUT2D eigenvalue weighted by Gasteiger charge is -2.08. The van der Waals surface area contributed by atoms with Crippen molar-refractivity contribution in [2.24, 2.45) is 5.92 Å². The Bertz CT molecular complexity index is 368. The Morgan fingerprint density at radius 2 is 2.29 bits per heavy atom. The van der Waals surface area contributed by atoms with E-state index in [-0.39, 0.29) is 5.95 Å². The molecule has 17 heavy (non-hydrogen) atoms. The topological polar surface area (TPSA) is 82.3 Å². The number of rotatable bonds is 7. The van der Waals surface area contributed by atoms with Gasteiger partial charge in [-0.15, -0.1) is 0 Å². The van der Waals surface area contributed by atoms with E-state index in [1.807, 2.05) is 0 Å². The number of nitrogens with one attached hydrogen (secondary N) is 1. The number of anilines is 2. The molecule has 1 fully saturated rings. The van der Waals surface area contributed by atoms with Gasteiger partial charge in [-0.3, -0.25) is 0 Å². The van der Waals surface area contributed by atoms with Crippen molar-refractivity contribution in [1.82, 2.24) is 9.97 Å². The van der Waals surface area contributed by atoms with Gasteiger partial charge in [0.1, 0.15) is 5.82 Å². The summed E-state index contributed by atoms with van der Waals surface area (Å²) in [7, 11) is 1.55. The lowest BCUT2D eigenvalue weighted by atomic mass is 10.5. The first-order chi connectivity index (χ1) is 8.28. The molecule has 0 bridgehead atoms. The van der Waals surface area contributed by atoms with Crippen LogP contribution in [0.25, 0.3) is 0 Å². The van der Waals surface area contributed by atoms with Crippen LogP contribution >= 0.6 is 0 Å². The van der Waals surface area contributed by atoms with E-state index >= 15 is 0 Å². The van der Waals surface area contributed by atoms with Crippen LogP contribution in [0.1, 0.15) is 12.8 Å². The molecular weight excluding hydrogens is 220 g/mol. The van der Waals surface area contributed by atoms with E-state index < -0.39 is 0 Å². The first-order valence-electron chi connectivity index (χ1n) is 5.78. The number of nitrogen functional groups attached to an aromatic ring is 1. The van der Waals surface area contributed by atoms with Gasteiger partial charge < -0.3 is 20.5 Å². The van der Waals surface area contributed by atoms with Gasteiger partial charge in [0, 0.05) is 19.2 Å². The van der Waals surface area contributed by atoms with Crippen LogP contribution in [0.4, 0.5) is 11.8 Å². The van der Waals surface area contributed by atoms with Gasteiger partial charge in [-0.25, -0.2) is 0 Å². The van der Waals surface area contributed by atoms with E-state index in [1.165, 1.54) is 12.8 Å². The zero-order valence-electron chi connectivity index (χ0n) is 9.98. The number of nitrogens with zero attached hydrogens (tertiary/aromatic N) is 2. The van der Waals surface area contributed by atoms with Crippen molar-refractivity contribution in [3.63, 3.8) is 0 Å². The van der Waals surface area contributed by atoms with E-state index in [9.17, 15) is 0 Å². The molecule has 0 spiro atoms. The second-order valence-corrected chi connectivity index (χ2v) is 4.10. The summed E-state index contributed by atoms with van der Waals surface area (Å²) >= 11 is 0. The number of aromatic nitrogens is 2. The molecule has 94 valence electrons. The fraction of sp³-hybridized carbons (Fsp3) is 0.636. The van der Waals surface area contributed by atoms with Gasteiger partial charge in [0.25, 0.3) is 0 Å². The molecule has 0 atom stereocenters. The third-order valence-corrected chi connectivity index (χ3v) is 2.53. The van der Waals surface area contributed by atoms with Crippen molar-refractivity contribution in [3.8, 4) is 5.88 Å². The van der Waals surface area contributed by atoms with Crippen LogP contribution < -0.4 is 15.8 Å². The molecule has 0 unspecified atom stereocenters. The molecule has 1 aliphatic carbocycles. The van der Waals surface area contributed by atoms with Crippen LogP contribution in [0.15, 0.2) is 6.07 Å². The smallest absolute Gasteiger partial charge is 0.225 e. The Balaban J connectivity index is 1.71. The van der Waals surface area contributed by atoms with E-state index in [0.717, 1.165) is 12.5 Å². The summed E-state index contributed by atoms with van der Waals surface area (Å²) in [6.07, 6.45) is 2.63. The predicted molar refractivity (Wildman–Crippen MR) is 65.0 cm³/mol. The Morgan fingerprint density at radius 3 is 3.00 bits per heavy atom. The summed E-state index contributed by atoms with van der Waals surface area (Å²) in [6, 6.07) is 1.71. The van der Waals surface area contributed by atoms with Gasteiger partial charge in [0.2, 0.25) is 11.8 Å². The number of methoxy groups -OCH3 is 1. The van der Waals surface area contributed by atoms with Crippen molar-refractivity contribution >= 4 is 11.8 Å². The minimum Gasteiger partial charge on any atom is -0.481 e. The average Bonchev–Trinajstić information content (AvgIpc) is 3.12. The molecule has 1 heterocycles. The van der Waals surface area contributed by atoms with E-state index in [0.29, 0.717) is 24.8 Å². The quantitative estimate of drug-likeness (QED) is 0.687. The summed E-state index contributed by atoms with van der Waals surface area (Å²) in [5.41, 5.74) is 5.54. The third-order valence-electron chi connectivity index (χ3n) is 2.53. The number of hydrogen-bond acceptors (Lipinski definition) is 6. The maximum absolute atomic E-state index is 5.54. The zero-order chi connectivity index (χ0) is 12.1. The standard InChI is InChI=1S/C11H18N4O2/c1-16-10-6-9(14-11(12)15-10)13-4-5-17-7-8-2-3-8/h6,8H,2-5,7H2,1H3,(H3,12,13,14,15). The number of hydrogen-bond donors (Lipinski definition) is 2. The highest BCUT2D eigenvalue weighted by Gasteiger charge is 2.20.